The molecule has 0 spiro atoms. The van der Waals surface area contributed by atoms with Crippen LogP contribution < -0.4 is 0 Å². The molecule has 1 heterocycles. The van der Waals surface area contributed by atoms with Crippen molar-refractivity contribution >= 4 is 11.8 Å². The summed E-state index contributed by atoms with van der Waals surface area (Å²) in [6.45, 7) is 6.41. The summed E-state index contributed by atoms with van der Waals surface area (Å²) < 4.78 is 2.28. The molecule has 3 aromatic rings. The van der Waals surface area contributed by atoms with Crippen LogP contribution in [0.25, 0.3) is 5.69 Å². The van der Waals surface area contributed by atoms with Crippen molar-refractivity contribution in [1.29, 1.82) is 0 Å². The number of aromatic nitrogens is 1. The Balaban J connectivity index is 1.85. The lowest BCUT2D eigenvalue weighted by Gasteiger charge is -2.10. The van der Waals surface area contributed by atoms with Crippen molar-refractivity contribution in [3.05, 3.63) is 77.6 Å². The van der Waals surface area contributed by atoms with E-state index in [1.54, 1.807) is 11.8 Å². The number of aryl methyl sites for hydroxylation is 3. The predicted octanol–water partition coefficient (Wildman–Crippen LogP) is 5.55. The molecular formula is C19H19NS. The average Bonchev–Trinajstić information content (AvgIpc) is 2.79. The van der Waals surface area contributed by atoms with E-state index in [-0.39, 0.29) is 0 Å². The van der Waals surface area contributed by atoms with Crippen molar-refractivity contribution < 1.29 is 0 Å². The molecule has 0 saturated carbocycles. The number of hydrogen-bond donors (Lipinski definition) is 0. The molecule has 106 valence electrons. The number of nitrogens with zero attached hydrogens (tertiary/aromatic N) is 1. The van der Waals surface area contributed by atoms with E-state index >= 15 is 0 Å². The molecule has 2 aromatic carbocycles. The van der Waals surface area contributed by atoms with Gasteiger partial charge in [0.15, 0.2) is 0 Å². The SMILES string of the molecule is Cc1cccc(Sc2ccc(-n3c(C)ccc3C)cc2)c1. The minimum absolute atomic E-state index is 1.23. The van der Waals surface area contributed by atoms with Gasteiger partial charge in [0.2, 0.25) is 0 Å². The van der Waals surface area contributed by atoms with E-state index in [9.17, 15) is 0 Å². The normalized spacial score (nSPS) is 10.8. The van der Waals surface area contributed by atoms with Crippen molar-refractivity contribution in [2.75, 3.05) is 0 Å². The Morgan fingerprint density at radius 3 is 2.00 bits per heavy atom. The van der Waals surface area contributed by atoms with E-state index < -0.39 is 0 Å². The van der Waals surface area contributed by atoms with Gasteiger partial charge in [0, 0.05) is 26.9 Å². The summed E-state index contributed by atoms with van der Waals surface area (Å²) >= 11 is 1.81. The number of rotatable bonds is 3. The molecule has 0 aliphatic rings. The molecule has 0 amide bonds. The fourth-order valence-electron chi connectivity index (χ4n) is 2.55. The molecule has 0 unspecified atom stereocenters. The van der Waals surface area contributed by atoms with Gasteiger partial charge in [0.25, 0.3) is 0 Å². The molecule has 0 atom stereocenters. The predicted molar refractivity (Wildman–Crippen MR) is 90.5 cm³/mol. The van der Waals surface area contributed by atoms with Crippen LogP contribution in [0.5, 0.6) is 0 Å². The van der Waals surface area contributed by atoms with E-state index in [1.165, 1.54) is 32.4 Å². The van der Waals surface area contributed by atoms with Crippen molar-refractivity contribution in [2.24, 2.45) is 0 Å². The molecule has 0 saturated heterocycles. The molecule has 0 bridgehead atoms. The third-order valence-electron chi connectivity index (χ3n) is 3.59. The summed E-state index contributed by atoms with van der Waals surface area (Å²) in [5.41, 5.74) is 5.07. The van der Waals surface area contributed by atoms with Crippen molar-refractivity contribution in [3.63, 3.8) is 0 Å². The van der Waals surface area contributed by atoms with Gasteiger partial charge in [-0.1, -0.05) is 29.5 Å². The second kappa shape index (κ2) is 5.82. The highest BCUT2D eigenvalue weighted by molar-refractivity contribution is 7.99. The molecule has 1 aromatic heterocycles. The molecule has 21 heavy (non-hydrogen) atoms. The molecule has 0 aliphatic heterocycles. The highest BCUT2D eigenvalue weighted by Gasteiger charge is 2.04. The Bertz CT molecular complexity index is 734. The fraction of sp³-hybridized carbons (Fsp3) is 0.158. The van der Waals surface area contributed by atoms with E-state index in [0.717, 1.165) is 0 Å². The standard InChI is InChI=1S/C19H19NS/c1-14-5-4-6-19(13-14)21-18-11-9-17(10-12-18)20-15(2)7-8-16(20)3/h4-13H,1-3H3. The zero-order valence-electron chi connectivity index (χ0n) is 12.6. The van der Waals surface area contributed by atoms with Crippen LogP contribution in [-0.4, -0.2) is 4.57 Å². The smallest absolute Gasteiger partial charge is 0.0455 e. The second-order valence-corrected chi connectivity index (χ2v) is 6.51. The molecule has 0 aliphatic carbocycles. The first-order valence-electron chi connectivity index (χ1n) is 7.13. The van der Waals surface area contributed by atoms with Crippen molar-refractivity contribution in [2.45, 2.75) is 30.6 Å². The monoisotopic (exact) mass is 293 g/mol. The summed E-state index contributed by atoms with van der Waals surface area (Å²) in [5.74, 6) is 0. The van der Waals surface area contributed by atoms with Gasteiger partial charge in [-0.3, -0.25) is 0 Å². The maximum atomic E-state index is 2.28. The van der Waals surface area contributed by atoms with Crippen LogP contribution in [0.4, 0.5) is 0 Å². The number of benzene rings is 2. The molecular weight excluding hydrogens is 274 g/mol. The van der Waals surface area contributed by atoms with E-state index in [2.05, 4.69) is 86.0 Å². The molecule has 3 rings (SSSR count). The summed E-state index contributed by atoms with van der Waals surface area (Å²) in [6.07, 6.45) is 0. The lowest BCUT2D eigenvalue weighted by molar-refractivity contribution is 0.963. The fourth-order valence-corrected chi connectivity index (χ4v) is 3.49. The maximum absolute atomic E-state index is 2.28. The topological polar surface area (TPSA) is 4.93 Å². The van der Waals surface area contributed by atoms with Crippen LogP contribution in [-0.2, 0) is 0 Å². The summed E-state index contributed by atoms with van der Waals surface area (Å²) in [5, 5.41) is 0. The Labute approximate surface area is 130 Å². The van der Waals surface area contributed by atoms with Crippen LogP contribution in [0, 0.1) is 20.8 Å². The highest BCUT2D eigenvalue weighted by Crippen LogP contribution is 2.29. The largest absolute Gasteiger partial charge is 0.319 e. The second-order valence-electron chi connectivity index (χ2n) is 5.36. The summed E-state index contributed by atoms with van der Waals surface area (Å²) in [4.78, 5) is 2.56. The van der Waals surface area contributed by atoms with Crippen molar-refractivity contribution in [1.82, 2.24) is 4.57 Å². The summed E-state index contributed by atoms with van der Waals surface area (Å²) in [7, 11) is 0. The molecule has 0 radical (unpaired) electrons. The molecule has 0 fully saturated rings. The van der Waals surface area contributed by atoms with Crippen LogP contribution in [0.2, 0.25) is 0 Å². The van der Waals surface area contributed by atoms with E-state index in [4.69, 9.17) is 0 Å². The highest BCUT2D eigenvalue weighted by atomic mass is 32.2. The molecule has 1 nitrogen and oxygen atoms in total. The van der Waals surface area contributed by atoms with E-state index in [0.29, 0.717) is 0 Å². The van der Waals surface area contributed by atoms with Crippen molar-refractivity contribution in [3.8, 4) is 5.69 Å². The van der Waals surface area contributed by atoms with Gasteiger partial charge in [-0.15, -0.1) is 0 Å². The van der Waals surface area contributed by atoms with Gasteiger partial charge in [0.05, 0.1) is 0 Å². The Morgan fingerprint density at radius 1 is 0.714 bits per heavy atom. The minimum Gasteiger partial charge on any atom is -0.319 e. The third kappa shape index (κ3) is 3.06. The lowest BCUT2D eigenvalue weighted by Crippen LogP contribution is -1.97. The quantitative estimate of drug-likeness (QED) is 0.612. The van der Waals surface area contributed by atoms with Crippen LogP contribution in [0.15, 0.2) is 70.5 Å². The van der Waals surface area contributed by atoms with Crippen LogP contribution in [0.1, 0.15) is 17.0 Å². The van der Waals surface area contributed by atoms with Gasteiger partial charge in [-0.2, -0.15) is 0 Å². The van der Waals surface area contributed by atoms with Gasteiger partial charge in [0.1, 0.15) is 0 Å². The van der Waals surface area contributed by atoms with Crippen LogP contribution >= 0.6 is 11.8 Å². The van der Waals surface area contributed by atoms with Gasteiger partial charge < -0.3 is 4.57 Å². The first-order valence-corrected chi connectivity index (χ1v) is 7.95. The van der Waals surface area contributed by atoms with Crippen LogP contribution in [0.3, 0.4) is 0 Å². The molecule has 0 N–H and O–H groups in total. The average molecular weight is 293 g/mol. The molecule has 2 heteroatoms. The minimum atomic E-state index is 1.23. The lowest BCUT2D eigenvalue weighted by atomic mass is 10.2. The maximum Gasteiger partial charge on any atom is 0.0455 e. The Morgan fingerprint density at radius 2 is 1.38 bits per heavy atom. The number of hydrogen-bond acceptors (Lipinski definition) is 1. The van der Waals surface area contributed by atoms with Gasteiger partial charge in [-0.05, 0) is 69.3 Å². The van der Waals surface area contributed by atoms with Gasteiger partial charge in [-0.25, -0.2) is 0 Å². The third-order valence-corrected chi connectivity index (χ3v) is 4.59. The van der Waals surface area contributed by atoms with Gasteiger partial charge >= 0.3 is 0 Å². The first kappa shape index (κ1) is 14.0. The Kier molecular flexibility index (Phi) is 3.89. The first-order chi connectivity index (χ1) is 10.1. The van der Waals surface area contributed by atoms with E-state index in [1.807, 2.05) is 0 Å². The Hall–Kier alpha value is -1.93. The zero-order valence-corrected chi connectivity index (χ0v) is 13.4. The summed E-state index contributed by atoms with van der Waals surface area (Å²) in [6, 6.07) is 21.7. The zero-order chi connectivity index (χ0) is 14.8.